The number of rotatable bonds is 1. The minimum atomic E-state index is -0.0731. The molecule has 0 atom stereocenters. The fraction of sp³-hybridized carbons (Fsp3) is 0.400. The lowest BCUT2D eigenvalue weighted by atomic mass is 10.2. The normalized spacial score (nSPS) is 9.92. The lowest BCUT2D eigenvalue weighted by molar-refractivity contribution is 0.759. The van der Waals surface area contributed by atoms with Crippen molar-refractivity contribution >= 4 is 36.5 Å². The minimum absolute atomic E-state index is 0. The van der Waals surface area contributed by atoms with E-state index in [1.165, 1.54) is 0 Å². The summed E-state index contributed by atoms with van der Waals surface area (Å²) in [6.45, 7) is 6.98. The average Bonchev–Trinajstić information content (AvgIpc) is 1.85. The van der Waals surface area contributed by atoms with Crippen molar-refractivity contribution in [1.29, 1.82) is 0 Å². The summed E-state index contributed by atoms with van der Waals surface area (Å²) in [4.78, 5) is 0. The summed E-state index contributed by atoms with van der Waals surface area (Å²) < 4.78 is 2.11. The van der Waals surface area contributed by atoms with Gasteiger partial charge < -0.3 is 0 Å². The zero-order chi connectivity index (χ0) is 8.32. The molecule has 0 nitrogen and oxygen atoms in total. The summed E-state index contributed by atoms with van der Waals surface area (Å²) in [5.74, 6) is 0. The second-order valence-corrected chi connectivity index (χ2v) is 7.51. The third-order valence-electron chi connectivity index (χ3n) is 1.58. The second kappa shape index (κ2) is 5.10. The summed E-state index contributed by atoms with van der Waals surface area (Å²) in [5.41, 5.74) is 0. The van der Waals surface area contributed by atoms with Gasteiger partial charge in [0, 0.05) is 0 Å². The van der Waals surface area contributed by atoms with E-state index in [0.29, 0.717) is 3.54 Å². The fourth-order valence-corrected chi connectivity index (χ4v) is 2.94. The molecule has 0 aliphatic carbocycles. The molecule has 1 aromatic rings. The number of hydrogen-bond acceptors (Lipinski definition) is 0. The van der Waals surface area contributed by atoms with Crippen molar-refractivity contribution in [3.63, 3.8) is 0 Å². The Morgan fingerprint density at radius 3 is 1.92 bits per heavy atom. The van der Waals surface area contributed by atoms with Crippen LogP contribution >= 0.6 is 12.4 Å². The van der Waals surface area contributed by atoms with Gasteiger partial charge in [0.1, 0.15) is 0 Å². The van der Waals surface area contributed by atoms with E-state index in [0.717, 1.165) is 0 Å². The predicted molar refractivity (Wildman–Crippen MR) is 58.8 cm³/mol. The summed E-state index contributed by atoms with van der Waals surface area (Å²) in [6.07, 6.45) is 0. The molecule has 0 radical (unpaired) electrons. The molecule has 0 aliphatic rings. The van der Waals surface area contributed by atoms with E-state index in [2.05, 4.69) is 51.1 Å². The summed E-state index contributed by atoms with van der Waals surface area (Å²) in [7, 11) is 0. The summed E-state index contributed by atoms with van der Waals surface area (Å²) >= 11 is -0.0731. The topological polar surface area (TPSA) is 0 Å². The molecular weight excluding hydrogens is 180 g/mol. The molecule has 0 aliphatic heterocycles. The molecule has 2 heteroatoms. The highest BCUT2D eigenvalue weighted by atomic mass is 35.5. The molecule has 0 spiro atoms. The maximum Gasteiger partial charge on any atom is 0.415 e. The van der Waals surface area contributed by atoms with Crippen molar-refractivity contribution in [3.05, 3.63) is 30.3 Å². The standard InChI is InChI=1S/C6H5.C4H9.ClH.Mg/c1-2-4-6-5-3-1;1-4(2)3;;/h1-5H;1-3H3;1H;. The molecule has 1 aromatic carbocycles. The first-order chi connectivity index (χ1) is 5.08. The highest BCUT2D eigenvalue weighted by Crippen LogP contribution is 2.19. The minimum Gasteiger partial charge on any atom is -0.173 e. The van der Waals surface area contributed by atoms with Gasteiger partial charge in [0.05, 0.1) is 0 Å². The van der Waals surface area contributed by atoms with E-state index in [4.69, 9.17) is 0 Å². The van der Waals surface area contributed by atoms with Crippen molar-refractivity contribution < 1.29 is 0 Å². The molecule has 0 N–H and O–H groups in total. The van der Waals surface area contributed by atoms with Crippen LogP contribution in [0.3, 0.4) is 0 Å². The Morgan fingerprint density at radius 2 is 1.50 bits per heavy atom. The average molecular weight is 195 g/mol. The van der Waals surface area contributed by atoms with Gasteiger partial charge in [-0.15, -0.1) is 16.0 Å². The summed E-state index contributed by atoms with van der Waals surface area (Å²) in [6, 6.07) is 10.8. The van der Waals surface area contributed by atoms with Crippen LogP contribution in [0.5, 0.6) is 0 Å². The maximum absolute atomic E-state index is 2.33. The zero-order valence-electron chi connectivity index (χ0n) is 8.00. The SMILES string of the molecule is C[C](C)(C)[Mg][c]1ccccc1.Cl. The number of benzene rings is 1. The first-order valence-corrected chi connectivity index (χ1v) is 5.53. The molecule has 64 valence electrons. The Bertz CT molecular complexity index is 213. The van der Waals surface area contributed by atoms with E-state index in [1.54, 1.807) is 3.69 Å². The van der Waals surface area contributed by atoms with Crippen LogP contribution in [-0.2, 0) is 0 Å². The Kier molecular flexibility index (Phi) is 5.22. The van der Waals surface area contributed by atoms with Gasteiger partial charge in [-0.05, 0) is 0 Å². The van der Waals surface area contributed by atoms with Crippen LogP contribution < -0.4 is 3.69 Å². The first kappa shape index (κ1) is 12.3. The van der Waals surface area contributed by atoms with E-state index in [-0.39, 0.29) is 32.8 Å². The Labute approximate surface area is 90.9 Å². The molecule has 0 bridgehead atoms. The molecule has 0 aromatic heterocycles. The third kappa shape index (κ3) is 5.02. The van der Waals surface area contributed by atoms with Crippen LogP contribution in [0.15, 0.2) is 30.3 Å². The van der Waals surface area contributed by atoms with Crippen LogP contribution in [0.25, 0.3) is 0 Å². The maximum atomic E-state index is 2.33. The lowest BCUT2D eigenvalue weighted by Gasteiger charge is -2.16. The Hall–Kier alpha value is 0.276. The summed E-state index contributed by atoms with van der Waals surface area (Å²) in [5, 5.41) is 0. The van der Waals surface area contributed by atoms with Gasteiger partial charge in [0.2, 0.25) is 0 Å². The molecule has 12 heavy (non-hydrogen) atoms. The Balaban J connectivity index is 0.00000121. The molecule has 0 unspecified atom stereocenters. The molecule has 0 amide bonds. The van der Waals surface area contributed by atoms with Gasteiger partial charge in [-0.3, -0.25) is 0 Å². The predicted octanol–water partition coefficient (Wildman–Crippen LogP) is 2.66. The van der Waals surface area contributed by atoms with Crippen molar-refractivity contribution in [2.45, 2.75) is 24.3 Å². The van der Waals surface area contributed by atoms with Gasteiger partial charge in [-0.2, -0.15) is 3.69 Å². The van der Waals surface area contributed by atoms with Gasteiger partial charge in [0.15, 0.2) is 0 Å². The highest BCUT2D eigenvalue weighted by Gasteiger charge is 2.15. The quantitative estimate of drug-likeness (QED) is 0.604. The van der Waals surface area contributed by atoms with Crippen molar-refractivity contribution in [2.75, 3.05) is 0 Å². The van der Waals surface area contributed by atoms with Crippen molar-refractivity contribution in [2.24, 2.45) is 0 Å². The third-order valence-corrected chi connectivity index (χ3v) is 3.52. The van der Waals surface area contributed by atoms with Crippen molar-refractivity contribution in [3.8, 4) is 0 Å². The van der Waals surface area contributed by atoms with Gasteiger partial charge >= 0.3 is 20.4 Å². The van der Waals surface area contributed by atoms with E-state index in [1.807, 2.05) is 0 Å². The molecule has 0 heterocycles. The largest absolute Gasteiger partial charge is 0.415 e. The van der Waals surface area contributed by atoms with Crippen LogP contribution in [0.1, 0.15) is 20.8 Å². The molecule has 1 rings (SSSR count). The second-order valence-electron chi connectivity index (χ2n) is 4.22. The smallest absolute Gasteiger partial charge is 0.173 e. The van der Waals surface area contributed by atoms with Crippen LogP contribution in [-0.4, -0.2) is 20.4 Å². The molecule has 0 fully saturated rings. The van der Waals surface area contributed by atoms with Crippen LogP contribution in [0, 0.1) is 0 Å². The number of halogens is 1. The van der Waals surface area contributed by atoms with E-state index >= 15 is 0 Å². The molecule has 0 saturated heterocycles. The van der Waals surface area contributed by atoms with E-state index in [9.17, 15) is 0 Å². The van der Waals surface area contributed by atoms with Crippen molar-refractivity contribution in [1.82, 2.24) is 0 Å². The highest BCUT2D eigenvalue weighted by molar-refractivity contribution is 6.56. The van der Waals surface area contributed by atoms with Gasteiger partial charge in [-0.25, -0.2) is 0 Å². The van der Waals surface area contributed by atoms with Gasteiger partial charge in [0.25, 0.3) is 0 Å². The fourth-order valence-electron chi connectivity index (χ4n) is 1.21. The first-order valence-electron chi connectivity index (χ1n) is 4.12. The zero-order valence-corrected chi connectivity index (χ0v) is 10.2. The van der Waals surface area contributed by atoms with Crippen LogP contribution in [0.2, 0.25) is 3.54 Å². The molecule has 0 saturated carbocycles. The van der Waals surface area contributed by atoms with Gasteiger partial charge in [-0.1, -0.05) is 51.1 Å². The monoisotopic (exact) mass is 194 g/mol. The lowest BCUT2D eigenvalue weighted by Crippen LogP contribution is -2.22. The van der Waals surface area contributed by atoms with Crippen LogP contribution in [0.4, 0.5) is 0 Å². The Morgan fingerprint density at radius 1 is 1.00 bits per heavy atom. The van der Waals surface area contributed by atoms with E-state index < -0.39 is 0 Å². The molecular formula is C10H15ClMg. The number of hydrogen-bond donors (Lipinski definition) is 0.